The topological polar surface area (TPSA) is 53.5 Å². The summed E-state index contributed by atoms with van der Waals surface area (Å²) in [6, 6.07) is 9.37. The van der Waals surface area contributed by atoms with Crippen LogP contribution in [0.1, 0.15) is 5.56 Å². The van der Waals surface area contributed by atoms with E-state index in [2.05, 4.69) is 24.0 Å². The van der Waals surface area contributed by atoms with Crippen molar-refractivity contribution in [2.45, 2.75) is 11.1 Å². The molecule has 0 N–H and O–H groups in total. The molecule has 1 saturated heterocycles. The van der Waals surface area contributed by atoms with E-state index in [9.17, 15) is 8.42 Å². The van der Waals surface area contributed by atoms with Crippen LogP contribution in [0.2, 0.25) is 4.34 Å². The number of thiazole rings is 1. The fraction of sp³-hybridized carbons (Fsp3) is 0.312. The molecular formula is C16H16ClN3O2S3. The highest BCUT2D eigenvalue weighted by Crippen LogP contribution is 2.32. The molecule has 0 spiro atoms. The van der Waals surface area contributed by atoms with Crippen molar-refractivity contribution in [3.63, 3.8) is 0 Å². The van der Waals surface area contributed by atoms with Crippen LogP contribution < -0.4 is 4.90 Å². The van der Waals surface area contributed by atoms with E-state index in [1.165, 1.54) is 9.01 Å². The maximum Gasteiger partial charge on any atom is 0.252 e. The quantitative estimate of drug-likeness (QED) is 0.654. The van der Waals surface area contributed by atoms with E-state index in [-0.39, 0.29) is 0 Å². The molecule has 0 amide bonds. The summed E-state index contributed by atoms with van der Waals surface area (Å²) in [4.78, 5) is 6.91. The first kappa shape index (κ1) is 17.2. The van der Waals surface area contributed by atoms with E-state index < -0.39 is 10.0 Å². The molecule has 3 aromatic rings. The number of hydrogen-bond acceptors (Lipinski definition) is 6. The average molecular weight is 414 g/mol. The first-order chi connectivity index (χ1) is 11.9. The number of aromatic nitrogens is 1. The van der Waals surface area contributed by atoms with Crippen molar-refractivity contribution in [3.05, 3.63) is 40.2 Å². The Morgan fingerprint density at radius 2 is 1.84 bits per heavy atom. The van der Waals surface area contributed by atoms with E-state index in [0.29, 0.717) is 34.7 Å². The first-order valence-electron chi connectivity index (χ1n) is 7.82. The molecule has 1 aliphatic heterocycles. The van der Waals surface area contributed by atoms with Crippen molar-refractivity contribution >= 4 is 59.6 Å². The van der Waals surface area contributed by atoms with Crippen molar-refractivity contribution in [2.24, 2.45) is 0 Å². The van der Waals surface area contributed by atoms with Gasteiger partial charge in [-0.1, -0.05) is 35.1 Å². The summed E-state index contributed by atoms with van der Waals surface area (Å²) in [5.74, 6) is 0. The molecule has 1 aromatic carbocycles. The minimum atomic E-state index is -3.45. The molecule has 1 aliphatic rings. The number of hydrogen-bond donors (Lipinski definition) is 0. The van der Waals surface area contributed by atoms with Gasteiger partial charge in [0.25, 0.3) is 10.0 Å². The van der Waals surface area contributed by atoms with E-state index in [0.717, 1.165) is 27.5 Å². The molecule has 0 bridgehead atoms. The van der Waals surface area contributed by atoms with Gasteiger partial charge in [0, 0.05) is 26.2 Å². The van der Waals surface area contributed by atoms with Crippen LogP contribution in [0.3, 0.4) is 0 Å². The minimum Gasteiger partial charge on any atom is -0.345 e. The van der Waals surface area contributed by atoms with Gasteiger partial charge in [0.15, 0.2) is 5.13 Å². The second kappa shape index (κ2) is 6.51. The number of para-hydroxylation sites is 1. The highest BCUT2D eigenvalue weighted by molar-refractivity contribution is 7.91. The molecule has 0 atom stereocenters. The van der Waals surface area contributed by atoms with Crippen molar-refractivity contribution in [2.75, 3.05) is 31.1 Å². The number of anilines is 1. The predicted molar refractivity (Wildman–Crippen MR) is 105 cm³/mol. The summed E-state index contributed by atoms with van der Waals surface area (Å²) < 4.78 is 28.8. The summed E-state index contributed by atoms with van der Waals surface area (Å²) in [5.41, 5.74) is 2.20. The van der Waals surface area contributed by atoms with Gasteiger partial charge in [-0.3, -0.25) is 0 Å². The Balaban J connectivity index is 1.52. The Hall–Kier alpha value is -1.19. The zero-order valence-corrected chi connectivity index (χ0v) is 16.7. The molecule has 0 unspecified atom stereocenters. The number of rotatable bonds is 3. The molecule has 1 fully saturated rings. The van der Waals surface area contributed by atoms with Gasteiger partial charge >= 0.3 is 0 Å². The molecule has 3 heterocycles. The lowest BCUT2D eigenvalue weighted by Crippen LogP contribution is -2.48. The maximum absolute atomic E-state index is 12.7. The van der Waals surface area contributed by atoms with Gasteiger partial charge in [-0.2, -0.15) is 4.31 Å². The monoisotopic (exact) mass is 413 g/mol. The van der Waals surface area contributed by atoms with Gasteiger partial charge < -0.3 is 4.90 Å². The van der Waals surface area contributed by atoms with Gasteiger partial charge in [0.05, 0.1) is 14.6 Å². The van der Waals surface area contributed by atoms with Crippen LogP contribution in [-0.4, -0.2) is 43.9 Å². The number of sulfonamides is 1. The highest BCUT2D eigenvalue weighted by atomic mass is 35.5. The van der Waals surface area contributed by atoms with Crippen LogP contribution in [0.15, 0.2) is 34.5 Å². The third-order valence-electron chi connectivity index (χ3n) is 4.26. The Morgan fingerprint density at radius 1 is 1.08 bits per heavy atom. The van der Waals surface area contributed by atoms with Gasteiger partial charge in [0.1, 0.15) is 4.21 Å². The highest BCUT2D eigenvalue weighted by Gasteiger charge is 2.30. The van der Waals surface area contributed by atoms with Gasteiger partial charge in [-0.05, 0) is 30.7 Å². The molecule has 0 radical (unpaired) electrons. The zero-order chi connectivity index (χ0) is 17.6. The SMILES string of the molecule is Cc1cccc2sc(N3CCN(S(=O)(=O)c4ccc(Cl)s4)CC3)nc12. The second-order valence-electron chi connectivity index (χ2n) is 5.87. The number of piperazine rings is 1. The fourth-order valence-electron chi connectivity index (χ4n) is 2.89. The lowest BCUT2D eigenvalue weighted by molar-refractivity contribution is 0.386. The van der Waals surface area contributed by atoms with Crippen LogP contribution in [-0.2, 0) is 10.0 Å². The molecule has 2 aromatic heterocycles. The van der Waals surface area contributed by atoms with Gasteiger partial charge in [-0.15, -0.1) is 11.3 Å². The van der Waals surface area contributed by atoms with Crippen LogP contribution in [0, 0.1) is 6.92 Å². The van der Waals surface area contributed by atoms with Crippen LogP contribution in [0.5, 0.6) is 0 Å². The fourth-order valence-corrected chi connectivity index (χ4v) is 7.05. The summed E-state index contributed by atoms with van der Waals surface area (Å²) >= 11 is 8.64. The number of halogens is 1. The largest absolute Gasteiger partial charge is 0.345 e. The van der Waals surface area contributed by atoms with E-state index >= 15 is 0 Å². The molecular weight excluding hydrogens is 398 g/mol. The van der Waals surface area contributed by atoms with Gasteiger partial charge in [-0.25, -0.2) is 13.4 Å². The standard InChI is InChI=1S/C16H16ClN3O2S3/c1-11-3-2-4-12-15(11)18-16(23-12)19-7-9-20(10-8-19)25(21,22)14-6-5-13(17)24-14/h2-6H,7-10H2,1H3. The Kier molecular flexibility index (Phi) is 4.49. The normalized spacial score (nSPS) is 16.6. The average Bonchev–Trinajstić information content (AvgIpc) is 3.22. The molecule has 4 rings (SSSR count). The lowest BCUT2D eigenvalue weighted by atomic mass is 10.2. The van der Waals surface area contributed by atoms with E-state index in [4.69, 9.17) is 16.6 Å². The third-order valence-corrected chi connectivity index (χ3v) is 8.94. The predicted octanol–water partition coefficient (Wildman–Crippen LogP) is 3.83. The summed E-state index contributed by atoms with van der Waals surface area (Å²) in [5, 5.41) is 0.959. The van der Waals surface area contributed by atoms with Gasteiger partial charge in [0.2, 0.25) is 0 Å². The smallest absolute Gasteiger partial charge is 0.252 e. The Bertz CT molecular complexity index is 1020. The summed E-state index contributed by atoms with van der Waals surface area (Å²) in [7, 11) is -3.45. The number of benzene rings is 1. The summed E-state index contributed by atoms with van der Waals surface area (Å²) in [6.07, 6.45) is 0. The Labute approximate surface area is 159 Å². The van der Waals surface area contributed by atoms with Crippen LogP contribution in [0.4, 0.5) is 5.13 Å². The third kappa shape index (κ3) is 3.17. The number of aryl methyl sites for hydroxylation is 1. The first-order valence-corrected chi connectivity index (χ1v) is 11.3. The lowest BCUT2D eigenvalue weighted by Gasteiger charge is -2.33. The number of nitrogens with zero attached hydrogens (tertiary/aromatic N) is 3. The molecule has 9 heteroatoms. The molecule has 0 aliphatic carbocycles. The van der Waals surface area contributed by atoms with Crippen molar-refractivity contribution < 1.29 is 8.42 Å². The maximum atomic E-state index is 12.7. The van der Waals surface area contributed by atoms with Crippen molar-refractivity contribution in [1.82, 2.24) is 9.29 Å². The summed E-state index contributed by atoms with van der Waals surface area (Å²) in [6.45, 7) is 4.23. The Morgan fingerprint density at radius 3 is 2.48 bits per heavy atom. The van der Waals surface area contributed by atoms with Crippen molar-refractivity contribution in [3.8, 4) is 0 Å². The molecule has 25 heavy (non-hydrogen) atoms. The van der Waals surface area contributed by atoms with Crippen molar-refractivity contribution in [1.29, 1.82) is 0 Å². The minimum absolute atomic E-state index is 0.307. The van der Waals surface area contributed by atoms with E-state index in [1.807, 2.05) is 6.07 Å². The molecule has 5 nitrogen and oxygen atoms in total. The second-order valence-corrected chi connectivity index (χ2v) is 10.8. The molecule has 132 valence electrons. The van der Waals surface area contributed by atoms with Crippen LogP contribution in [0.25, 0.3) is 10.2 Å². The number of fused-ring (bicyclic) bond motifs is 1. The van der Waals surface area contributed by atoms with E-state index in [1.54, 1.807) is 23.5 Å². The molecule has 0 saturated carbocycles. The van der Waals surface area contributed by atoms with Crippen LogP contribution >= 0.6 is 34.3 Å². The zero-order valence-electron chi connectivity index (χ0n) is 13.5. The number of thiophene rings is 1.